The van der Waals surface area contributed by atoms with Crippen LogP contribution < -0.4 is 5.73 Å². The lowest BCUT2D eigenvalue weighted by atomic mass is 9.84. The Kier molecular flexibility index (Phi) is 4.05. The first kappa shape index (κ1) is 15.2. The lowest BCUT2D eigenvalue weighted by Crippen LogP contribution is -2.36. The van der Waals surface area contributed by atoms with Crippen molar-refractivity contribution in [2.45, 2.75) is 19.4 Å². The number of hydrogen-bond donors (Lipinski definition) is 1. The van der Waals surface area contributed by atoms with Gasteiger partial charge in [0.25, 0.3) is 0 Å². The van der Waals surface area contributed by atoms with Gasteiger partial charge < -0.3 is 5.73 Å². The molecule has 0 aliphatic carbocycles. The van der Waals surface area contributed by atoms with E-state index in [2.05, 4.69) is 0 Å². The molecule has 5 heteroatoms. The summed E-state index contributed by atoms with van der Waals surface area (Å²) >= 11 is 11.7. The van der Waals surface area contributed by atoms with Gasteiger partial charge in [0.2, 0.25) is 0 Å². The van der Waals surface area contributed by atoms with E-state index in [0.29, 0.717) is 0 Å². The van der Waals surface area contributed by atoms with Crippen molar-refractivity contribution in [2.24, 2.45) is 5.73 Å². The summed E-state index contributed by atoms with van der Waals surface area (Å²) in [5, 5.41) is 0.0987. The standard InChI is InChI=1S/C15H13Cl2F2N/c1-8-3-4-13(18)10(5-8)15(2,20)9-6-14(19)12(17)7-11(9)16/h3-7H,20H2,1-2H3. The third kappa shape index (κ3) is 2.66. The van der Waals surface area contributed by atoms with Crippen molar-refractivity contribution in [1.82, 2.24) is 0 Å². The van der Waals surface area contributed by atoms with Crippen LogP contribution in [0, 0.1) is 18.6 Å². The summed E-state index contributed by atoms with van der Waals surface area (Å²) in [5.74, 6) is -1.11. The van der Waals surface area contributed by atoms with Crippen LogP contribution in [0.4, 0.5) is 8.78 Å². The van der Waals surface area contributed by atoms with Crippen LogP contribution in [0.1, 0.15) is 23.6 Å². The van der Waals surface area contributed by atoms with Crippen molar-refractivity contribution < 1.29 is 8.78 Å². The molecule has 106 valence electrons. The zero-order valence-corrected chi connectivity index (χ0v) is 12.5. The van der Waals surface area contributed by atoms with E-state index >= 15 is 0 Å². The summed E-state index contributed by atoms with van der Waals surface area (Å²) in [6.45, 7) is 3.41. The van der Waals surface area contributed by atoms with Crippen LogP contribution in [-0.2, 0) is 5.54 Å². The minimum absolute atomic E-state index is 0.0979. The SMILES string of the molecule is Cc1ccc(F)c(C(C)(N)c2cc(F)c(Cl)cc2Cl)c1. The molecule has 2 N–H and O–H groups in total. The topological polar surface area (TPSA) is 26.0 Å². The quantitative estimate of drug-likeness (QED) is 0.791. The molecule has 0 fully saturated rings. The van der Waals surface area contributed by atoms with Crippen molar-refractivity contribution in [1.29, 1.82) is 0 Å². The summed E-state index contributed by atoms with van der Waals surface area (Å²) in [7, 11) is 0. The summed E-state index contributed by atoms with van der Waals surface area (Å²) in [6.07, 6.45) is 0. The Morgan fingerprint density at radius 1 is 0.950 bits per heavy atom. The molecule has 0 heterocycles. The van der Waals surface area contributed by atoms with Crippen LogP contribution in [0.15, 0.2) is 30.3 Å². The normalized spacial score (nSPS) is 14.2. The van der Waals surface area contributed by atoms with Crippen LogP contribution in [0.5, 0.6) is 0 Å². The van der Waals surface area contributed by atoms with Crippen molar-refractivity contribution >= 4 is 23.2 Å². The zero-order valence-electron chi connectivity index (χ0n) is 11.0. The highest BCUT2D eigenvalue weighted by Gasteiger charge is 2.30. The van der Waals surface area contributed by atoms with E-state index in [9.17, 15) is 8.78 Å². The molecule has 0 aliphatic rings. The molecule has 0 bridgehead atoms. The lowest BCUT2D eigenvalue weighted by molar-refractivity contribution is 0.525. The van der Waals surface area contributed by atoms with Gasteiger partial charge >= 0.3 is 0 Å². The molecule has 2 aromatic carbocycles. The Hall–Kier alpha value is -1.16. The smallest absolute Gasteiger partial charge is 0.142 e. The zero-order chi connectivity index (χ0) is 15.1. The van der Waals surface area contributed by atoms with Crippen molar-refractivity contribution in [3.8, 4) is 0 Å². The van der Waals surface area contributed by atoms with Gasteiger partial charge in [0, 0.05) is 10.6 Å². The molecule has 0 saturated heterocycles. The second-order valence-corrected chi connectivity index (χ2v) is 5.75. The minimum Gasteiger partial charge on any atom is -0.318 e. The average molecular weight is 316 g/mol. The van der Waals surface area contributed by atoms with Gasteiger partial charge in [0.15, 0.2) is 0 Å². The molecule has 1 nitrogen and oxygen atoms in total. The first-order valence-electron chi connectivity index (χ1n) is 5.94. The van der Waals surface area contributed by atoms with E-state index in [0.717, 1.165) is 11.6 Å². The van der Waals surface area contributed by atoms with Crippen molar-refractivity contribution in [3.63, 3.8) is 0 Å². The highest BCUT2D eigenvalue weighted by Crippen LogP contribution is 2.36. The van der Waals surface area contributed by atoms with Gasteiger partial charge in [-0.1, -0.05) is 40.9 Å². The van der Waals surface area contributed by atoms with E-state index in [1.54, 1.807) is 19.1 Å². The number of nitrogens with two attached hydrogens (primary N) is 1. The Labute approximate surface area is 126 Å². The highest BCUT2D eigenvalue weighted by atomic mass is 35.5. The third-order valence-corrected chi connectivity index (χ3v) is 3.85. The number of aryl methyl sites for hydroxylation is 1. The molecule has 1 unspecified atom stereocenters. The van der Waals surface area contributed by atoms with Gasteiger partial charge in [-0.05, 0) is 37.6 Å². The molecule has 0 aliphatic heterocycles. The number of hydrogen-bond acceptors (Lipinski definition) is 1. The lowest BCUT2D eigenvalue weighted by Gasteiger charge is -2.28. The van der Waals surface area contributed by atoms with Crippen LogP contribution in [0.2, 0.25) is 10.0 Å². The molecule has 0 radical (unpaired) electrons. The van der Waals surface area contributed by atoms with Gasteiger partial charge in [-0.2, -0.15) is 0 Å². The summed E-state index contributed by atoms with van der Waals surface area (Å²) in [6, 6.07) is 7.01. The number of benzene rings is 2. The van der Waals surface area contributed by atoms with Gasteiger partial charge in [0.05, 0.1) is 10.6 Å². The summed E-state index contributed by atoms with van der Waals surface area (Å²) in [4.78, 5) is 0. The summed E-state index contributed by atoms with van der Waals surface area (Å²) < 4.78 is 27.7. The highest BCUT2D eigenvalue weighted by molar-refractivity contribution is 6.35. The molecule has 0 saturated carbocycles. The maximum Gasteiger partial charge on any atom is 0.142 e. The van der Waals surface area contributed by atoms with E-state index in [4.69, 9.17) is 28.9 Å². The second-order valence-electron chi connectivity index (χ2n) is 4.93. The molecule has 2 aromatic rings. The van der Waals surface area contributed by atoms with Crippen LogP contribution in [-0.4, -0.2) is 0 Å². The maximum atomic E-state index is 14.0. The third-order valence-electron chi connectivity index (χ3n) is 3.25. The Morgan fingerprint density at radius 3 is 2.25 bits per heavy atom. The number of rotatable bonds is 2. The van der Waals surface area contributed by atoms with Gasteiger partial charge in [-0.25, -0.2) is 8.78 Å². The minimum atomic E-state index is -1.27. The van der Waals surface area contributed by atoms with Gasteiger partial charge in [0.1, 0.15) is 11.6 Å². The van der Waals surface area contributed by atoms with Crippen molar-refractivity contribution in [2.75, 3.05) is 0 Å². The van der Waals surface area contributed by atoms with Gasteiger partial charge in [-0.3, -0.25) is 0 Å². The monoisotopic (exact) mass is 315 g/mol. The fourth-order valence-electron chi connectivity index (χ4n) is 2.10. The van der Waals surface area contributed by atoms with Crippen LogP contribution in [0.3, 0.4) is 0 Å². The number of halogens is 4. The van der Waals surface area contributed by atoms with Crippen molar-refractivity contribution in [3.05, 3.63) is 68.7 Å². The Bertz CT molecular complexity index is 669. The summed E-state index contributed by atoms with van der Waals surface area (Å²) in [5.41, 5.74) is 6.33. The molecule has 0 amide bonds. The fourth-order valence-corrected chi connectivity index (χ4v) is 2.68. The van der Waals surface area contributed by atoms with Crippen LogP contribution in [0.25, 0.3) is 0 Å². The molecule has 2 rings (SSSR count). The fraction of sp³-hybridized carbons (Fsp3) is 0.200. The largest absolute Gasteiger partial charge is 0.318 e. The van der Waals surface area contributed by atoms with E-state index in [1.807, 2.05) is 6.92 Å². The molecular weight excluding hydrogens is 303 g/mol. The maximum absolute atomic E-state index is 14.0. The van der Waals surface area contributed by atoms with E-state index in [1.165, 1.54) is 12.1 Å². The molecule has 0 spiro atoms. The Balaban J connectivity index is 2.66. The van der Waals surface area contributed by atoms with Gasteiger partial charge in [-0.15, -0.1) is 0 Å². The molecule has 0 aromatic heterocycles. The predicted molar refractivity (Wildman–Crippen MR) is 78.2 cm³/mol. The predicted octanol–water partition coefficient (Wildman–Crippen LogP) is 4.80. The van der Waals surface area contributed by atoms with E-state index in [-0.39, 0.29) is 21.2 Å². The van der Waals surface area contributed by atoms with E-state index < -0.39 is 17.2 Å². The Morgan fingerprint density at radius 2 is 1.60 bits per heavy atom. The van der Waals surface area contributed by atoms with Crippen LogP contribution >= 0.6 is 23.2 Å². The first-order valence-corrected chi connectivity index (χ1v) is 6.69. The molecule has 1 atom stereocenters. The molecular formula is C15H13Cl2F2N. The molecule has 20 heavy (non-hydrogen) atoms. The second kappa shape index (κ2) is 5.32. The average Bonchev–Trinajstić information content (AvgIpc) is 2.36. The first-order chi connectivity index (χ1) is 9.23.